The van der Waals surface area contributed by atoms with Crippen molar-refractivity contribution in [1.82, 2.24) is 14.9 Å². The van der Waals surface area contributed by atoms with Gasteiger partial charge in [0, 0.05) is 32.1 Å². The van der Waals surface area contributed by atoms with Crippen LogP contribution >= 0.6 is 0 Å². The van der Waals surface area contributed by atoms with Gasteiger partial charge in [-0.15, -0.1) is 0 Å². The Morgan fingerprint density at radius 1 is 1.29 bits per heavy atom. The topological polar surface area (TPSA) is 39.1 Å². The van der Waals surface area contributed by atoms with Crippen molar-refractivity contribution in [1.29, 1.82) is 0 Å². The monoisotopic (exact) mass is 239 g/mol. The van der Waals surface area contributed by atoms with Crippen LogP contribution in [0.3, 0.4) is 0 Å². The minimum Gasteiger partial charge on any atom is -0.380 e. The van der Waals surface area contributed by atoms with Crippen molar-refractivity contribution in [2.75, 3.05) is 26.3 Å². The number of imidazole rings is 1. The molecule has 17 heavy (non-hydrogen) atoms. The second-order valence-corrected chi connectivity index (χ2v) is 4.73. The maximum Gasteiger partial charge on any atom is 0.0945 e. The van der Waals surface area contributed by atoms with Gasteiger partial charge in [-0.05, 0) is 25.3 Å². The highest BCUT2D eigenvalue weighted by molar-refractivity contribution is 4.73. The Hall–Kier alpha value is -0.870. The summed E-state index contributed by atoms with van der Waals surface area (Å²) in [6, 6.07) is 0. The van der Waals surface area contributed by atoms with Gasteiger partial charge in [-0.3, -0.25) is 0 Å². The molecule has 0 amide bonds. The summed E-state index contributed by atoms with van der Waals surface area (Å²) in [5.41, 5.74) is 0. The van der Waals surface area contributed by atoms with E-state index in [0.29, 0.717) is 5.92 Å². The normalized spacial score (nSPS) is 11.2. The largest absolute Gasteiger partial charge is 0.380 e. The molecule has 0 unspecified atom stereocenters. The highest BCUT2D eigenvalue weighted by Gasteiger charge is 1.94. The quantitative estimate of drug-likeness (QED) is 0.634. The Bertz CT molecular complexity index is 260. The van der Waals surface area contributed by atoms with Crippen molar-refractivity contribution in [3.8, 4) is 0 Å². The van der Waals surface area contributed by atoms with Crippen molar-refractivity contribution in [2.45, 2.75) is 33.2 Å². The molecule has 1 rings (SSSR count). The van der Waals surface area contributed by atoms with Gasteiger partial charge in [0.15, 0.2) is 0 Å². The SMILES string of the molecule is CC(C)COCCNCCCCn1ccnc1. The molecule has 0 aromatic carbocycles. The molecule has 1 aromatic rings. The summed E-state index contributed by atoms with van der Waals surface area (Å²) in [5.74, 6) is 0.630. The molecule has 0 aliphatic heterocycles. The van der Waals surface area contributed by atoms with Crippen LogP contribution in [0.1, 0.15) is 26.7 Å². The van der Waals surface area contributed by atoms with Gasteiger partial charge in [0.1, 0.15) is 0 Å². The van der Waals surface area contributed by atoms with E-state index in [1.165, 1.54) is 12.8 Å². The summed E-state index contributed by atoms with van der Waals surface area (Å²) < 4.78 is 7.60. The summed E-state index contributed by atoms with van der Waals surface area (Å²) >= 11 is 0. The average Bonchev–Trinajstić information content (AvgIpc) is 2.79. The molecule has 0 radical (unpaired) electrons. The van der Waals surface area contributed by atoms with E-state index in [1.807, 2.05) is 18.7 Å². The number of aromatic nitrogens is 2. The molecule has 0 fully saturated rings. The first kappa shape index (κ1) is 14.2. The highest BCUT2D eigenvalue weighted by Crippen LogP contribution is 1.94. The Morgan fingerprint density at radius 3 is 2.88 bits per heavy atom. The molecule has 98 valence electrons. The molecule has 0 atom stereocenters. The van der Waals surface area contributed by atoms with E-state index in [2.05, 4.69) is 28.7 Å². The fourth-order valence-electron chi connectivity index (χ4n) is 1.55. The summed E-state index contributed by atoms with van der Waals surface area (Å²) in [6.07, 6.45) is 8.09. The zero-order valence-corrected chi connectivity index (χ0v) is 11.1. The van der Waals surface area contributed by atoms with Gasteiger partial charge in [-0.2, -0.15) is 0 Å². The fourth-order valence-corrected chi connectivity index (χ4v) is 1.55. The lowest BCUT2D eigenvalue weighted by Crippen LogP contribution is -2.21. The minimum absolute atomic E-state index is 0.630. The first-order chi connectivity index (χ1) is 8.29. The standard InChI is InChI=1S/C13H25N3O/c1-13(2)11-17-10-7-14-5-3-4-8-16-9-6-15-12-16/h6,9,12-14H,3-5,7-8,10-11H2,1-2H3. The molecule has 0 spiro atoms. The third-order valence-electron chi connectivity index (χ3n) is 2.45. The third kappa shape index (κ3) is 7.94. The summed E-state index contributed by atoms with van der Waals surface area (Å²) in [4.78, 5) is 4.02. The van der Waals surface area contributed by atoms with Crippen molar-refractivity contribution < 1.29 is 4.74 Å². The van der Waals surface area contributed by atoms with Gasteiger partial charge in [0.25, 0.3) is 0 Å². The van der Waals surface area contributed by atoms with Crippen LogP contribution < -0.4 is 5.32 Å². The number of nitrogens with zero attached hydrogens (tertiary/aromatic N) is 2. The van der Waals surface area contributed by atoms with Gasteiger partial charge in [0.2, 0.25) is 0 Å². The van der Waals surface area contributed by atoms with Crippen LogP contribution in [0.5, 0.6) is 0 Å². The number of rotatable bonds is 10. The summed E-state index contributed by atoms with van der Waals surface area (Å²) in [5, 5.41) is 3.39. The number of ether oxygens (including phenoxy) is 1. The maximum absolute atomic E-state index is 5.49. The Balaban J connectivity index is 1.79. The Morgan fingerprint density at radius 2 is 2.18 bits per heavy atom. The van der Waals surface area contributed by atoms with E-state index in [1.54, 1.807) is 0 Å². The predicted molar refractivity (Wildman–Crippen MR) is 70.0 cm³/mol. The van der Waals surface area contributed by atoms with Crippen LogP contribution in [-0.4, -0.2) is 35.9 Å². The maximum atomic E-state index is 5.49. The number of hydrogen-bond donors (Lipinski definition) is 1. The van der Waals surface area contributed by atoms with Gasteiger partial charge in [0.05, 0.1) is 12.9 Å². The second kappa shape index (κ2) is 9.19. The van der Waals surface area contributed by atoms with Gasteiger partial charge < -0.3 is 14.6 Å². The number of hydrogen-bond acceptors (Lipinski definition) is 3. The van der Waals surface area contributed by atoms with Crippen molar-refractivity contribution >= 4 is 0 Å². The molecular formula is C13H25N3O. The fraction of sp³-hybridized carbons (Fsp3) is 0.769. The predicted octanol–water partition coefficient (Wildman–Crippen LogP) is 1.93. The van der Waals surface area contributed by atoms with Crippen LogP contribution in [0.4, 0.5) is 0 Å². The van der Waals surface area contributed by atoms with Crippen molar-refractivity contribution in [3.05, 3.63) is 18.7 Å². The van der Waals surface area contributed by atoms with Gasteiger partial charge >= 0.3 is 0 Å². The molecular weight excluding hydrogens is 214 g/mol. The van der Waals surface area contributed by atoms with E-state index < -0.39 is 0 Å². The number of nitrogens with one attached hydrogen (secondary N) is 1. The van der Waals surface area contributed by atoms with Crippen molar-refractivity contribution in [2.24, 2.45) is 5.92 Å². The molecule has 0 saturated carbocycles. The molecule has 0 saturated heterocycles. The minimum atomic E-state index is 0.630. The van der Waals surface area contributed by atoms with Crippen LogP contribution in [0.2, 0.25) is 0 Å². The lowest BCUT2D eigenvalue weighted by Gasteiger charge is -2.08. The van der Waals surface area contributed by atoms with Crippen LogP contribution in [0.25, 0.3) is 0 Å². The van der Waals surface area contributed by atoms with E-state index in [9.17, 15) is 0 Å². The summed E-state index contributed by atoms with van der Waals surface area (Å²) in [7, 11) is 0. The van der Waals surface area contributed by atoms with E-state index in [0.717, 1.165) is 32.8 Å². The van der Waals surface area contributed by atoms with Crippen molar-refractivity contribution in [3.63, 3.8) is 0 Å². The molecule has 1 N–H and O–H groups in total. The zero-order chi connectivity index (χ0) is 12.3. The number of unbranched alkanes of at least 4 members (excludes halogenated alkanes) is 1. The highest BCUT2D eigenvalue weighted by atomic mass is 16.5. The molecule has 0 bridgehead atoms. The molecule has 1 heterocycles. The first-order valence-corrected chi connectivity index (χ1v) is 6.53. The lowest BCUT2D eigenvalue weighted by molar-refractivity contribution is 0.112. The molecule has 4 nitrogen and oxygen atoms in total. The Kier molecular flexibility index (Phi) is 7.67. The van der Waals surface area contributed by atoms with E-state index in [-0.39, 0.29) is 0 Å². The van der Waals surface area contributed by atoms with E-state index in [4.69, 9.17) is 4.74 Å². The molecule has 1 aromatic heterocycles. The first-order valence-electron chi connectivity index (χ1n) is 6.53. The summed E-state index contributed by atoms with van der Waals surface area (Å²) in [6.45, 7) is 9.11. The molecule has 0 aliphatic rings. The van der Waals surface area contributed by atoms with E-state index >= 15 is 0 Å². The third-order valence-corrected chi connectivity index (χ3v) is 2.45. The van der Waals surface area contributed by atoms with Gasteiger partial charge in [-0.1, -0.05) is 13.8 Å². The average molecular weight is 239 g/mol. The van der Waals surface area contributed by atoms with Crippen LogP contribution in [0.15, 0.2) is 18.7 Å². The molecule has 4 heteroatoms. The number of aryl methyl sites for hydroxylation is 1. The molecule has 0 aliphatic carbocycles. The van der Waals surface area contributed by atoms with Gasteiger partial charge in [-0.25, -0.2) is 4.98 Å². The second-order valence-electron chi connectivity index (χ2n) is 4.73. The Labute approximate surface area is 104 Å². The lowest BCUT2D eigenvalue weighted by atomic mass is 10.2. The zero-order valence-electron chi connectivity index (χ0n) is 11.1. The smallest absolute Gasteiger partial charge is 0.0945 e. The van der Waals surface area contributed by atoms with Crippen LogP contribution in [0, 0.1) is 5.92 Å². The van der Waals surface area contributed by atoms with Crippen LogP contribution in [-0.2, 0) is 11.3 Å².